The molecule has 1 aromatic rings. The SMILES string of the molecule is CC(=O)Nc1cc(C)ccc1OCCCS(=O)(=O)O. The fourth-order valence-corrected chi connectivity index (χ4v) is 1.96. The van der Waals surface area contributed by atoms with Crippen LogP contribution in [0.25, 0.3) is 0 Å². The normalized spacial score (nSPS) is 11.1. The van der Waals surface area contributed by atoms with Gasteiger partial charge in [-0.3, -0.25) is 9.35 Å². The summed E-state index contributed by atoms with van der Waals surface area (Å²) in [5.74, 6) is -0.0987. The number of benzene rings is 1. The molecule has 7 heteroatoms. The van der Waals surface area contributed by atoms with Gasteiger partial charge in [0, 0.05) is 6.92 Å². The second kappa shape index (κ2) is 6.53. The maximum absolute atomic E-state index is 11.1. The summed E-state index contributed by atoms with van der Waals surface area (Å²) in [6.07, 6.45) is 0.173. The fraction of sp³-hybridized carbons (Fsp3) is 0.417. The Hall–Kier alpha value is -1.60. The molecule has 0 fully saturated rings. The largest absolute Gasteiger partial charge is 0.491 e. The predicted octanol–water partition coefficient (Wildman–Crippen LogP) is 1.61. The number of anilines is 1. The average molecular weight is 287 g/mol. The number of amides is 1. The zero-order chi connectivity index (χ0) is 14.5. The standard InChI is InChI=1S/C12H17NO5S/c1-9-4-5-12(11(8-9)13-10(2)14)18-6-3-7-19(15,16)17/h4-5,8H,3,6-7H2,1-2H3,(H,13,14)(H,15,16,17). The minimum absolute atomic E-state index is 0.134. The van der Waals surface area contributed by atoms with Gasteiger partial charge in [0.25, 0.3) is 10.1 Å². The maximum Gasteiger partial charge on any atom is 0.264 e. The molecule has 1 rings (SSSR count). The number of carbonyl (C=O) groups is 1. The lowest BCUT2D eigenvalue weighted by Gasteiger charge is -2.12. The summed E-state index contributed by atoms with van der Waals surface area (Å²) in [5, 5.41) is 2.64. The molecule has 6 nitrogen and oxygen atoms in total. The van der Waals surface area contributed by atoms with Gasteiger partial charge in [0.05, 0.1) is 18.0 Å². The van der Waals surface area contributed by atoms with Crippen LogP contribution in [0, 0.1) is 6.92 Å². The van der Waals surface area contributed by atoms with Crippen molar-refractivity contribution in [3.8, 4) is 5.75 Å². The van der Waals surface area contributed by atoms with Crippen LogP contribution in [0.2, 0.25) is 0 Å². The molecule has 0 heterocycles. The summed E-state index contributed by atoms with van der Waals surface area (Å²) in [5.41, 5.74) is 1.51. The Labute approximate surface area is 112 Å². The maximum atomic E-state index is 11.1. The van der Waals surface area contributed by atoms with Gasteiger partial charge in [-0.05, 0) is 31.0 Å². The van der Waals surface area contributed by atoms with E-state index in [4.69, 9.17) is 9.29 Å². The van der Waals surface area contributed by atoms with E-state index in [-0.39, 0.29) is 24.7 Å². The van der Waals surface area contributed by atoms with Crippen LogP contribution in [-0.4, -0.2) is 31.2 Å². The minimum Gasteiger partial charge on any atom is -0.491 e. The van der Waals surface area contributed by atoms with E-state index in [9.17, 15) is 13.2 Å². The van der Waals surface area contributed by atoms with Crippen LogP contribution in [0.15, 0.2) is 18.2 Å². The lowest BCUT2D eigenvalue weighted by Crippen LogP contribution is -2.11. The number of hydrogen-bond donors (Lipinski definition) is 2. The quantitative estimate of drug-likeness (QED) is 0.612. The first-order valence-electron chi connectivity index (χ1n) is 5.74. The van der Waals surface area contributed by atoms with Gasteiger partial charge in [-0.25, -0.2) is 0 Å². The Morgan fingerprint density at radius 3 is 2.68 bits per heavy atom. The molecule has 0 aromatic heterocycles. The molecule has 0 saturated carbocycles. The molecule has 0 unspecified atom stereocenters. The first-order valence-corrected chi connectivity index (χ1v) is 7.35. The number of nitrogens with one attached hydrogen (secondary N) is 1. The summed E-state index contributed by atoms with van der Waals surface area (Å²) in [4.78, 5) is 11.1. The smallest absolute Gasteiger partial charge is 0.264 e. The van der Waals surface area contributed by atoms with E-state index in [0.29, 0.717) is 11.4 Å². The van der Waals surface area contributed by atoms with Crippen LogP contribution in [0.3, 0.4) is 0 Å². The number of hydrogen-bond acceptors (Lipinski definition) is 4. The zero-order valence-corrected chi connectivity index (χ0v) is 11.7. The van der Waals surface area contributed by atoms with Crippen LogP contribution in [0.5, 0.6) is 5.75 Å². The van der Waals surface area contributed by atoms with Gasteiger partial charge < -0.3 is 10.1 Å². The third-order valence-electron chi connectivity index (χ3n) is 2.25. The van der Waals surface area contributed by atoms with Crippen molar-refractivity contribution in [3.63, 3.8) is 0 Å². The molecule has 0 saturated heterocycles. The molecule has 0 aliphatic carbocycles. The summed E-state index contributed by atoms with van der Waals surface area (Å²) in [6.45, 7) is 3.41. The van der Waals surface area contributed by atoms with Gasteiger partial charge in [0.2, 0.25) is 5.91 Å². The van der Waals surface area contributed by atoms with Gasteiger partial charge in [-0.15, -0.1) is 0 Å². The molecule has 0 atom stereocenters. The zero-order valence-electron chi connectivity index (χ0n) is 10.8. The molecule has 106 valence electrons. The molecule has 1 amide bonds. The summed E-state index contributed by atoms with van der Waals surface area (Å²) >= 11 is 0. The molecule has 0 bridgehead atoms. The second-order valence-electron chi connectivity index (χ2n) is 4.17. The molecule has 0 aliphatic heterocycles. The van der Waals surface area contributed by atoms with Crippen LogP contribution in [0.1, 0.15) is 18.9 Å². The predicted molar refractivity (Wildman–Crippen MR) is 72.0 cm³/mol. The third-order valence-corrected chi connectivity index (χ3v) is 3.05. The van der Waals surface area contributed by atoms with Gasteiger partial charge >= 0.3 is 0 Å². The van der Waals surface area contributed by atoms with Crippen LogP contribution < -0.4 is 10.1 Å². The van der Waals surface area contributed by atoms with Crippen molar-refractivity contribution < 1.29 is 22.5 Å². The Balaban J connectivity index is 2.64. The molecule has 2 N–H and O–H groups in total. The molecule has 0 radical (unpaired) electrons. The Morgan fingerprint density at radius 1 is 1.42 bits per heavy atom. The minimum atomic E-state index is -3.96. The third kappa shape index (κ3) is 6.21. The highest BCUT2D eigenvalue weighted by atomic mass is 32.2. The Bertz CT molecular complexity index is 553. The van der Waals surface area contributed by atoms with Crippen molar-refractivity contribution >= 4 is 21.7 Å². The number of ether oxygens (including phenoxy) is 1. The lowest BCUT2D eigenvalue weighted by molar-refractivity contribution is -0.114. The van der Waals surface area contributed by atoms with Crippen molar-refractivity contribution in [1.29, 1.82) is 0 Å². The molecule has 19 heavy (non-hydrogen) atoms. The van der Waals surface area contributed by atoms with Crippen LogP contribution in [0.4, 0.5) is 5.69 Å². The Morgan fingerprint density at radius 2 is 2.11 bits per heavy atom. The fourth-order valence-electron chi connectivity index (χ4n) is 1.48. The lowest BCUT2D eigenvalue weighted by atomic mass is 10.2. The van der Waals surface area contributed by atoms with Gasteiger partial charge in [0.15, 0.2) is 0 Å². The highest BCUT2D eigenvalue weighted by Crippen LogP contribution is 2.25. The van der Waals surface area contributed by atoms with Crippen molar-refractivity contribution in [1.82, 2.24) is 0 Å². The highest BCUT2D eigenvalue weighted by molar-refractivity contribution is 7.85. The summed E-state index contributed by atoms with van der Waals surface area (Å²) < 4.78 is 35.1. The van der Waals surface area contributed by atoms with Gasteiger partial charge in [-0.2, -0.15) is 8.42 Å². The van der Waals surface area contributed by atoms with Crippen molar-refractivity contribution in [2.45, 2.75) is 20.3 Å². The number of rotatable bonds is 6. The van der Waals surface area contributed by atoms with E-state index in [2.05, 4.69) is 5.32 Å². The van der Waals surface area contributed by atoms with Gasteiger partial charge in [0.1, 0.15) is 5.75 Å². The van der Waals surface area contributed by atoms with E-state index in [1.54, 1.807) is 12.1 Å². The Kier molecular flexibility index (Phi) is 5.31. The van der Waals surface area contributed by atoms with Crippen molar-refractivity contribution in [3.05, 3.63) is 23.8 Å². The van der Waals surface area contributed by atoms with E-state index < -0.39 is 10.1 Å². The molecule has 1 aromatic carbocycles. The molecular formula is C12H17NO5S. The molecular weight excluding hydrogens is 270 g/mol. The van der Waals surface area contributed by atoms with Crippen molar-refractivity contribution in [2.75, 3.05) is 17.7 Å². The average Bonchev–Trinajstić information content (AvgIpc) is 2.24. The van der Waals surface area contributed by atoms with Crippen LogP contribution >= 0.6 is 0 Å². The van der Waals surface area contributed by atoms with E-state index >= 15 is 0 Å². The van der Waals surface area contributed by atoms with Gasteiger partial charge in [-0.1, -0.05) is 6.07 Å². The molecule has 0 spiro atoms. The summed E-state index contributed by atoms with van der Waals surface area (Å²) in [6, 6.07) is 5.29. The van der Waals surface area contributed by atoms with Crippen molar-refractivity contribution in [2.24, 2.45) is 0 Å². The first-order chi connectivity index (χ1) is 8.78. The molecule has 0 aliphatic rings. The van der Waals surface area contributed by atoms with Crippen LogP contribution in [-0.2, 0) is 14.9 Å². The van der Waals surface area contributed by atoms with E-state index in [1.807, 2.05) is 13.0 Å². The monoisotopic (exact) mass is 287 g/mol. The highest BCUT2D eigenvalue weighted by Gasteiger charge is 2.07. The number of carbonyl (C=O) groups excluding carboxylic acids is 1. The second-order valence-corrected chi connectivity index (χ2v) is 5.74. The number of aryl methyl sites for hydroxylation is 1. The van der Waals surface area contributed by atoms with E-state index in [0.717, 1.165) is 5.56 Å². The first kappa shape index (κ1) is 15.5. The topological polar surface area (TPSA) is 92.7 Å². The summed E-state index contributed by atoms with van der Waals surface area (Å²) in [7, 11) is -3.96. The van der Waals surface area contributed by atoms with E-state index in [1.165, 1.54) is 6.92 Å².